The van der Waals surface area contributed by atoms with Crippen molar-refractivity contribution < 1.29 is 18.1 Å². The number of carbonyl (C=O) groups excluding carboxylic acids is 1. The van der Waals surface area contributed by atoms with Crippen LogP contribution in [-0.2, 0) is 14.8 Å². The summed E-state index contributed by atoms with van der Waals surface area (Å²) in [6.45, 7) is 10.5. The van der Waals surface area contributed by atoms with Crippen LogP contribution in [0.2, 0.25) is 0 Å². The summed E-state index contributed by atoms with van der Waals surface area (Å²) in [5, 5.41) is 10.8. The first-order chi connectivity index (χ1) is 13.0. The van der Waals surface area contributed by atoms with E-state index in [1.54, 1.807) is 4.90 Å². The van der Waals surface area contributed by atoms with E-state index in [0.29, 0.717) is 4.90 Å². The van der Waals surface area contributed by atoms with Gasteiger partial charge in [-0.3, -0.25) is 14.9 Å². The van der Waals surface area contributed by atoms with Crippen LogP contribution in [0, 0.1) is 50.7 Å². The fourth-order valence-electron chi connectivity index (χ4n) is 4.04. The molecular weight excluding hydrogens is 382 g/mol. The third-order valence-electron chi connectivity index (χ3n) is 6.42. The molecular formula is C19H27N3O5S. The molecule has 154 valence electrons. The van der Waals surface area contributed by atoms with E-state index in [1.165, 1.54) is 4.31 Å². The number of sulfonamides is 1. The number of hydrogen-bond acceptors (Lipinski definition) is 5. The average Bonchev–Trinajstić information content (AvgIpc) is 3.45. The van der Waals surface area contributed by atoms with Crippen molar-refractivity contribution in [1.29, 1.82) is 0 Å². The molecule has 0 aromatic heterocycles. The largest absolute Gasteiger partial charge is 0.340 e. The van der Waals surface area contributed by atoms with Gasteiger partial charge in [-0.05, 0) is 62.4 Å². The fraction of sp³-hybridized carbons (Fsp3) is 0.632. The molecule has 2 fully saturated rings. The van der Waals surface area contributed by atoms with Crippen LogP contribution >= 0.6 is 0 Å². The van der Waals surface area contributed by atoms with Crippen LogP contribution in [0.3, 0.4) is 0 Å². The molecule has 1 aliphatic carbocycles. The molecule has 3 rings (SSSR count). The van der Waals surface area contributed by atoms with Crippen LogP contribution in [0.15, 0.2) is 4.90 Å². The molecule has 1 aliphatic heterocycles. The first kappa shape index (κ1) is 20.7. The van der Waals surface area contributed by atoms with Gasteiger partial charge in [-0.25, -0.2) is 8.42 Å². The molecule has 0 N–H and O–H groups in total. The minimum Gasteiger partial charge on any atom is -0.340 e. The number of rotatable bonds is 4. The molecule has 0 radical (unpaired) electrons. The smallest absolute Gasteiger partial charge is 0.243 e. The molecule has 1 saturated heterocycles. The Morgan fingerprint density at radius 3 is 1.82 bits per heavy atom. The number of piperazine rings is 1. The van der Waals surface area contributed by atoms with Crippen molar-refractivity contribution >= 4 is 15.9 Å². The van der Waals surface area contributed by atoms with Crippen LogP contribution in [-0.4, -0.2) is 60.7 Å². The normalized spacial score (nSPS) is 23.0. The quantitative estimate of drug-likeness (QED) is 0.557. The Hall–Kier alpha value is -2.00. The Kier molecular flexibility index (Phi) is 5.26. The van der Waals surface area contributed by atoms with Crippen LogP contribution < -0.4 is 0 Å². The molecule has 1 amide bonds. The third kappa shape index (κ3) is 3.30. The SMILES string of the molecule is Cc1c(C)c(C)c(S(=O)(=O)N2CCN(C(=O)C3CC3[N+](=O)[O-])CC2)c(C)c1C. The Morgan fingerprint density at radius 1 is 0.929 bits per heavy atom. The molecule has 1 saturated carbocycles. The number of hydrogen-bond donors (Lipinski definition) is 0. The second-order valence-electron chi connectivity index (χ2n) is 7.88. The predicted molar refractivity (Wildman–Crippen MR) is 104 cm³/mol. The highest BCUT2D eigenvalue weighted by Crippen LogP contribution is 2.36. The van der Waals surface area contributed by atoms with Crippen LogP contribution in [0.5, 0.6) is 0 Å². The second kappa shape index (κ2) is 7.11. The molecule has 8 nitrogen and oxygen atoms in total. The lowest BCUT2D eigenvalue weighted by molar-refractivity contribution is -0.497. The lowest BCUT2D eigenvalue weighted by Gasteiger charge is -2.35. The molecule has 1 aromatic carbocycles. The van der Waals surface area contributed by atoms with Gasteiger partial charge in [0.15, 0.2) is 0 Å². The maximum Gasteiger partial charge on any atom is 0.243 e. The molecule has 2 aliphatic rings. The Labute approximate surface area is 165 Å². The van der Waals surface area contributed by atoms with E-state index in [4.69, 9.17) is 0 Å². The molecule has 9 heteroatoms. The van der Waals surface area contributed by atoms with E-state index in [9.17, 15) is 23.3 Å². The van der Waals surface area contributed by atoms with E-state index in [1.807, 2.05) is 34.6 Å². The summed E-state index contributed by atoms with van der Waals surface area (Å²) in [6.07, 6.45) is 0.282. The maximum absolute atomic E-state index is 13.3. The van der Waals surface area contributed by atoms with Gasteiger partial charge in [0.2, 0.25) is 22.0 Å². The van der Waals surface area contributed by atoms with Crippen molar-refractivity contribution in [3.63, 3.8) is 0 Å². The summed E-state index contributed by atoms with van der Waals surface area (Å²) in [7, 11) is -3.68. The first-order valence-electron chi connectivity index (χ1n) is 9.47. The summed E-state index contributed by atoms with van der Waals surface area (Å²) >= 11 is 0. The summed E-state index contributed by atoms with van der Waals surface area (Å²) in [6, 6.07) is -0.780. The standard InChI is InChI=1S/C19H27N3O5S/c1-11-12(2)14(4)18(15(5)13(11)3)28(26,27)21-8-6-20(7-9-21)19(23)16-10-17(16)22(24)25/h16-17H,6-10H2,1-5H3. The minimum atomic E-state index is -3.68. The van der Waals surface area contributed by atoms with E-state index < -0.39 is 26.9 Å². The highest BCUT2D eigenvalue weighted by molar-refractivity contribution is 7.89. The van der Waals surface area contributed by atoms with Crippen molar-refractivity contribution in [3.05, 3.63) is 37.9 Å². The first-order valence-corrected chi connectivity index (χ1v) is 10.9. The third-order valence-corrected chi connectivity index (χ3v) is 8.60. The Morgan fingerprint density at radius 2 is 1.39 bits per heavy atom. The zero-order valence-electron chi connectivity index (χ0n) is 17.0. The second-order valence-corrected chi connectivity index (χ2v) is 9.75. The van der Waals surface area contributed by atoms with E-state index in [-0.39, 0.29) is 38.5 Å². The number of benzene rings is 1. The molecule has 0 spiro atoms. The zero-order chi connectivity index (χ0) is 21.0. The molecule has 2 unspecified atom stereocenters. The van der Waals surface area contributed by atoms with Gasteiger partial charge in [0.05, 0.1) is 4.90 Å². The van der Waals surface area contributed by atoms with Crippen molar-refractivity contribution in [3.8, 4) is 0 Å². The Balaban J connectivity index is 1.78. The summed E-state index contributed by atoms with van der Waals surface area (Å²) in [4.78, 5) is 24.7. The van der Waals surface area contributed by atoms with Crippen LogP contribution in [0.1, 0.15) is 34.2 Å². The average molecular weight is 410 g/mol. The fourth-order valence-corrected chi connectivity index (χ4v) is 6.03. The molecule has 2 atom stereocenters. The topological polar surface area (TPSA) is 101 Å². The van der Waals surface area contributed by atoms with Gasteiger partial charge in [0, 0.05) is 37.5 Å². The van der Waals surface area contributed by atoms with Crippen LogP contribution in [0.4, 0.5) is 0 Å². The summed E-state index contributed by atoms with van der Waals surface area (Å²) < 4.78 is 28.1. The maximum atomic E-state index is 13.3. The van der Waals surface area contributed by atoms with E-state index in [0.717, 1.165) is 27.8 Å². The van der Waals surface area contributed by atoms with E-state index in [2.05, 4.69) is 0 Å². The van der Waals surface area contributed by atoms with Gasteiger partial charge in [0.1, 0.15) is 5.92 Å². The zero-order valence-corrected chi connectivity index (χ0v) is 17.8. The lowest BCUT2D eigenvalue weighted by atomic mass is 9.95. The van der Waals surface area contributed by atoms with Gasteiger partial charge in [-0.1, -0.05) is 0 Å². The highest BCUT2D eigenvalue weighted by atomic mass is 32.2. The monoisotopic (exact) mass is 409 g/mol. The van der Waals surface area contributed by atoms with Gasteiger partial charge >= 0.3 is 0 Å². The predicted octanol–water partition coefficient (Wildman–Crippen LogP) is 1.73. The van der Waals surface area contributed by atoms with E-state index >= 15 is 0 Å². The molecule has 1 aromatic rings. The van der Waals surface area contributed by atoms with Gasteiger partial charge in [-0.2, -0.15) is 4.31 Å². The molecule has 1 heterocycles. The Bertz CT molecular complexity index is 920. The number of carbonyl (C=O) groups is 1. The van der Waals surface area contributed by atoms with Gasteiger partial charge in [0.25, 0.3) is 0 Å². The molecule has 28 heavy (non-hydrogen) atoms. The van der Waals surface area contributed by atoms with Crippen LogP contribution in [0.25, 0.3) is 0 Å². The minimum absolute atomic E-state index is 0.203. The summed E-state index contributed by atoms with van der Waals surface area (Å²) in [5.41, 5.74) is 4.61. The number of amides is 1. The van der Waals surface area contributed by atoms with Gasteiger partial charge in [-0.15, -0.1) is 0 Å². The van der Waals surface area contributed by atoms with Crippen molar-refractivity contribution in [2.75, 3.05) is 26.2 Å². The van der Waals surface area contributed by atoms with Crippen molar-refractivity contribution in [2.45, 2.75) is 52.0 Å². The molecule has 0 bridgehead atoms. The van der Waals surface area contributed by atoms with Gasteiger partial charge < -0.3 is 4.90 Å². The highest BCUT2D eigenvalue weighted by Gasteiger charge is 2.55. The lowest BCUT2D eigenvalue weighted by Crippen LogP contribution is -2.51. The summed E-state index contributed by atoms with van der Waals surface area (Å²) in [5.74, 6) is -0.779. The van der Waals surface area contributed by atoms with Crippen molar-refractivity contribution in [1.82, 2.24) is 9.21 Å². The number of nitro groups is 1. The van der Waals surface area contributed by atoms with Crippen molar-refractivity contribution in [2.24, 2.45) is 5.92 Å². The number of nitrogens with zero attached hydrogens (tertiary/aromatic N) is 3.